The third-order valence-electron chi connectivity index (χ3n) is 3.52. The van der Waals surface area contributed by atoms with Crippen LogP contribution >= 0.6 is 0 Å². The monoisotopic (exact) mass is 336 g/mol. The van der Waals surface area contributed by atoms with Gasteiger partial charge in [0.15, 0.2) is 0 Å². The van der Waals surface area contributed by atoms with Crippen LogP contribution in [0.25, 0.3) is 0 Å². The molecule has 0 aliphatic carbocycles. The van der Waals surface area contributed by atoms with Crippen molar-refractivity contribution in [3.05, 3.63) is 71.3 Å². The molecule has 2 amide bonds. The third-order valence-corrected chi connectivity index (χ3v) is 3.52. The van der Waals surface area contributed by atoms with Gasteiger partial charge >= 0.3 is 12.2 Å². The van der Waals surface area contributed by atoms with E-state index in [0.29, 0.717) is 19.5 Å². The summed E-state index contributed by atoms with van der Waals surface area (Å²) in [5.41, 5.74) is 1.22. The molecule has 2 aromatic carbocycles. The minimum Gasteiger partial charge on any atom is -0.338 e. The summed E-state index contributed by atoms with van der Waals surface area (Å²) >= 11 is 0. The number of hydrogen-bond acceptors (Lipinski definition) is 1. The Kier molecular flexibility index (Phi) is 6.23. The van der Waals surface area contributed by atoms with Crippen LogP contribution < -0.4 is 10.6 Å². The lowest BCUT2D eigenvalue weighted by molar-refractivity contribution is -0.137. The summed E-state index contributed by atoms with van der Waals surface area (Å²) in [4.78, 5) is 11.6. The normalized spacial score (nSPS) is 11.1. The number of carbonyl (C=O) groups excluding carboxylic acids is 1. The fourth-order valence-corrected chi connectivity index (χ4v) is 2.21. The molecule has 0 spiro atoms. The second kappa shape index (κ2) is 8.38. The first-order valence-electron chi connectivity index (χ1n) is 7.67. The van der Waals surface area contributed by atoms with Crippen molar-refractivity contribution in [2.75, 3.05) is 13.1 Å². The lowest BCUT2D eigenvalue weighted by atomic mass is 10.1. The molecular weight excluding hydrogens is 317 g/mol. The van der Waals surface area contributed by atoms with Crippen LogP contribution in [0.5, 0.6) is 0 Å². The van der Waals surface area contributed by atoms with Gasteiger partial charge in [0.25, 0.3) is 0 Å². The second-order valence-electron chi connectivity index (χ2n) is 5.36. The van der Waals surface area contributed by atoms with Crippen LogP contribution in [0.15, 0.2) is 54.6 Å². The van der Waals surface area contributed by atoms with Crippen LogP contribution in [0.1, 0.15) is 16.7 Å². The minimum atomic E-state index is -4.32. The molecule has 24 heavy (non-hydrogen) atoms. The Hall–Kier alpha value is -2.50. The van der Waals surface area contributed by atoms with Crippen LogP contribution in [0.4, 0.5) is 18.0 Å². The Balaban J connectivity index is 1.65. The van der Waals surface area contributed by atoms with Gasteiger partial charge in [0.2, 0.25) is 0 Å². The molecule has 0 bridgehead atoms. The summed E-state index contributed by atoms with van der Waals surface area (Å²) in [5, 5.41) is 5.44. The van der Waals surface area contributed by atoms with E-state index in [1.807, 2.05) is 30.3 Å². The fourth-order valence-electron chi connectivity index (χ4n) is 2.21. The highest BCUT2D eigenvalue weighted by Crippen LogP contribution is 2.29. The van der Waals surface area contributed by atoms with Crippen molar-refractivity contribution in [1.29, 1.82) is 0 Å². The number of nitrogens with one attached hydrogen (secondary N) is 2. The van der Waals surface area contributed by atoms with E-state index in [9.17, 15) is 18.0 Å². The van der Waals surface area contributed by atoms with Gasteiger partial charge in [0.1, 0.15) is 0 Å². The Labute approximate surface area is 138 Å². The Bertz CT molecular complexity index is 640. The highest BCUT2D eigenvalue weighted by Gasteiger charge is 2.29. The average Bonchev–Trinajstić information content (AvgIpc) is 2.55. The van der Waals surface area contributed by atoms with E-state index in [4.69, 9.17) is 0 Å². The molecule has 0 atom stereocenters. The zero-order valence-corrected chi connectivity index (χ0v) is 13.1. The van der Waals surface area contributed by atoms with E-state index in [2.05, 4.69) is 10.6 Å². The van der Waals surface area contributed by atoms with E-state index < -0.39 is 11.7 Å². The molecule has 0 heterocycles. The van der Waals surface area contributed by atoms with E-state index in [1.165, 1.54) is 12.1 Å². The number of halogens is 3. The first-order valence-corrected chi connectivity index (χ1v) is 7.67. The van der Waals surface area contributed by atoms with Crippen molar-refractivity contribution in [1.82, 2.24) is 10.6 Å². The Morgan fingerprint density at radius 2 is 1.29 bits per heavy atom. The summed E-state index contributed by atoms with van der Waals surface area (Å²) in [6, 6.07) is 14.5. The quantitative estimate of drug-likeness (QED) is 0.828. The standard InChI is InChI=1S/C18H19F3N2O/c19-18(20,21)16-8-6-15(7-9-16)11-13-23-17(24)22-12-10-14-4-2-1-3-5-14/h1-9H,10-13H2,(H2,22,23,24). The predicted octanol–water partition coefficient (Wildman–Crippen LogP) is 3.79. The largest absolute Gasteiger partial charge is 0.416 e. The molecule has 6 heteroatoms. The van der Waals surface area contributed by atoms with Crippen molar-refractivity contribution in [2.45, 2.75) is 19.0 Å². The van der Waals surface area contributed by atoms with Crippen molar-refractivity contribution in [2.24, 2.45) is 0 Å². The molecule has 0 aromatic heterocycles. The van der Waals surface area contributed by atoms with E-state index >= 15 is 0 Å². The van der Waals surface area contributed by atoms with Crippen LogP contribution in [0.2, 0.25) is 0 Å². The van der Waals surface area contributed by atoms with Crippen LogP contribution in [-0.2, 0) is 19.0 Å². The Morgan fingerprint density at radius 1 is 0.792 bits per heavy atom. The van der Waals surface area contributed by atoms with E-state index in [0.717, 1.165) is 29.7 Å². The molecule has 0 aliphatic rings. The fraction of sp³-hybridized carbons (Fsp3) is 0.278. The van der Waals surface area contributed by atoms with Gasteiger partial charge in [-0.2, -0.15) is 13.2 Å². The van der Waals surface area contributed by atoms with Gasteiger partial charge in [0, 0.05) is 13.1 Å². The molecule has 2 rings (SSSR count). The predicted molar refractivity (Wildman–Crippen MR) is 86.7 cm³/mol. The maximum absolute atomic E-state index is 12.5. The number of benzene rings is 2. The summed E-state index contributed by atoms with van der Waals surface area (Å²) in [6.45, 7) is 0.888. The molecule has 2 aromatic rings. The molecule has 0 fully saturated rings. The third kappa shape index (κ3) is 5.95. The minimum absolute atomic E-state index is 0.280. The van der Waals surface area contributed by atoms with E-state index in [-0.39, 0.29) is 6.03 Å². The average molecular weight is 336 g/mol. The number of rotatable bonds is 6. The summed E-state index contributed by atoms with van der Waals surface area (Å²) in [6.07, 6.45) is -3.10. The number of carbonyl (C=O) groups is 1. The maximum Gasteiger partial charge on any atom is 0.416 e. The maximum atomic E-state index is 12.5. The van der Waals surface area contributed by atoms with Crippen molar-refractivity contribution >= 4 is 6.03 Å². The molecule has 0 unspecified atom stereocenters. The first kappa shape index (κ1) is 17.8. The van der Waals surface area contributed by atoms with Gasteiger partial charge in [-0.3, -0.25) is 0 Å². The number of amides is 2. The lowest BCUT2D eigenvalue weighted by Crippen LogP contribution is -2.37. The van der Waals surface area contributed by atoms with Gasteiger partial charge in [-0.05, 0) is 36.1 Å². The highest BCUT2D eigenvalue weighted by atomic mass is 19.4. The van der Waals surface area contributed by atoms with Crippen LogP contribution in [0.3, 0.4) is 0 Å². The molecule has 3 nitrogen and oxygen atoms in total. The molecule has 2 N–H and O–H groups in total. The molecule has 0 aliphatic heterocycles. The van der Waals surface area contributed by atoms with Gasteiger partial charge < -0.3 is 10.6 Å². The lowest BCUT2D eigenvalue weighted by Gasteiger charge is -2.09. The number of urea groups is 1. The second-order valence-corrected chi connectivity index (χ2v) is 5.36. The molecule has 128 valence electrons. The zero-order valence-electron chi connectivity index (χ0n) is 13.1. The SMILES string of the molecule is O=C(NCCc1ccccc1)NCCc1ccc(C(F)(F)F)cc1. The first-order chi connectivity index (χ1) is 11.4. The summed E-state index contributed by atoms with van der Waals surface area (Å²) in [5.74, 6) is 0. The van der Waals surface area contributed by atoms with Gasteiger partial charge in [-0.15, -0.1) is 0 Å². The van der Waals surface area contributed by atoms with Crippen molar-refractivity contribution in [3.8, 4) is 0 Å². The zero-order chi connectivity index (χ0) is 17.4. The van der Waals surface area contributed by atoms with Crippen molar-refractivity contribution < 1.29 is 18.0 Å². The molecule has 0 radical (unpaired) electrons. The molecular formula is C18H19F3N2O. The van der Waals surface area contributed by atoms with Crippen LogP contribution in [0, 0.1) is 0 Å². The van der Waals surface area contributed by atoms with Crippen LogP contribution in [-0.4, -0.2) is 19.1 Å². The topological polar surface area (TPSA) is 41.1 Å². The van der Waals surface area contributed by atoms with Gasteiger partial charge in [0.05, 0.1) is 5.56 Å². The molecule has 0 saturated heterocycles. The number of hydrogen-bond donors (Lipinski definition) is 2. The van der Waals surface area contributed by atoms with E-state index in [1.54, 1.807) is 0 Å². The smallest absolute Gasteiger partial charge is 0.338 e. The summed E-state index contributed by atoms with van der Waals surface area (Å²) < 4.78 is 37.4. The molecule has 0 saturated carbocycles. The number of alkyl halides is 3. The van der Waals surface area contributed by atoms with Gasteiger partial charge in [-0.25, -0.2) is 4.79 Å². The highest BCUT2D eigenvalue weighted by molar-refractivity contribution is 5.73. The summed E-state index contributed by atoms with van der Waals surface area (Å²) in [7, 11) is 0. The Morgan fingerprint density at radius 3 is 1.79 bits per heavy atom. The van der Waals surface area contributed by atoms with Crippen molar-refractivity contribution in [3.63, 3.8) is 0 Å². The van der Waals surface area contributed by atoms with Gasteiger partial charge in [-0.1, -0.05) is 42.5 Å².